The Balaban J connectivity index is 1.65. The van der Waals surface area contributed by atoms with E-state index in [1.807, 2.05) is 6.92 Å². The second-order valence-corrected chi connectivity index (χ2v) is 5.73. The van der Waals surface area contributed by atoms with Crippen LogP contribution in [-0.4, -0.2) is 37.1 Å². The zero-order chi connectivity index (χ0) is 17.8. The highest BCUT2D eigenvalue weighted by molar-refractivity contribution is 6.31. The molecule has 3 aromatic heterocycles. The number of carboxylic acid groups (broad SMARTS) is 1. The van der Waals surface area contributed by atoms with Crippen molar-refractivity contribution in [2.75, 3.05) is 5.32 Å². The molecule has 0 amide bonds. The molecule has 0 aliphatic carbocycles. The van der Waals surface area contributed by atoms with Gasteiger partial charge in [-0.2, -0.15) is 0 Å². The minimum Gasteiger partial charge on any atom is -0.476 e. The van der Waals surface area contributed by atoms with Gasteiger partial charge in [-0.25, -0.2) is 19.7 Å². The van der Waals surface area contributed by atoms with Gasteiger partial charge < -0.3 is 14.8 Å². The lowest BCUT2D eigenvalue weighted by molar-refractivity contribution is 0.0690. The number of halogens is 1. The second-order valence-electron chi connectivity index (χ2n) is 5.32. The largest absolute Gasteiger partial charge is 0.476 e. The lowest BCUT2D eigenvalue weighted by Gasteiger charge is -2.13. The number of anilines is 1. The summed E-state index contributed by atoms with van der Waals surface area (Å²) in [7, 11) is 0. The van der Waals surface area contributed by atoms with E-state index in [0.29, 0.717) is 23.0 Å². The summed E-state index contributed by atoms with van der Waals surface area (Å²) in [4.78, 5) is 27.3. The Hall–Kier alpha value is -3.00. The summed E-state index contributed by atoms with van der Waals surface area (Å²) >= 11 is 6.10. The summed E-state index contributed by atoms with van der Waals surface area (Å²) in [5.41, 5.74) is 1.11. The van der Waals surface area contributed by atoms with Gasteiger partial charge >= 0.3 is 5.97 Å². The number of hydrogen-bond acceptors (Lipinski definition) is 7. The first-order valence-corrected chi connectivity index (χ1v) is 7.78. The summed E-state index contributed by atoms with van der Waals surface area (Å²) in [6.07, 6.45) is 6.40. The van der Waals surface area contributed by atoms with Crippen molar-refractivity contribution in [2.24, 2.45) is 0 Å². The molecular weight excluding hydrogens is 346 g/mol. The zero-order valence-corrected chi connectivity index (χ0v) is 13.9. The Morgan fingerprint density at radius 1 is 1.36 bits per heavy atom. The van der Waals surface area contributed by atoms with E-state index in [1.165, 1.54) is 12.4 Å². The predicted octanol–water partition coefficient (Wildman–Crippen LogP) is 2.92. The molecule has 0 aliphatic heterocycles. The van der Waals surface area contributed by atoms with Gasteiger partial charge in [0.25, 0.3) is 0 Å². The maximum absolute atomic E-state index is 10.8. The van der Waals surface area contributed by atoms with E-state index in [9.17, 15) is 4.79 Å². The van der Waals surface area contributed by atoms with Crippen molar-refractivity contribution in [1.82, 2.24) is 19.9 Å². The van der Waals surface area contributed by atoms with Crippen LogP contribution in [0.5, 0.6) is 0 Å². The molecule has 2 N–H and O–H groups in total. The number of pyridine rings is 1. The van der Waals surface area contributed by atoms with Crippen LogP contribution in [0.1, 0.15) is 23.1 Å². The van der Waals surface area contributed by atoms with Crippen LogP contribution in [0.2, 0.25) is 5.02 Å². The molecule has 9 heteroatoms. The molecule has 1 atom stereocenters. The summed E-state index contributed by atoms with van der Waals surface area (Å²) in [6.45, 7) is 1.97. The van der Waals surface area contributed by atoms with Crippen molar-refractivity contribution in [3.8, 4) is 11.5 Å². The SMILES string of the molecule is CC(Cc1ncccc1Cl)Nc1ncc(-c2nc(C(=O)O)co2)cn1. The Kier molecular flexibility index (Phi) is 4.90. The topological polar surface area (TPSA) is 114 Å². The average Bonchev–Trinajstić information content (AvgIpc) is 3.08. The number of rotatable bonds is 6. The van der Waals surface area contributed by atoms with Crippen LogP contribution >= 0.6 is 11.6 Å². The molecule has 0 aromatic carbocycles. The molecule has 1 unspecified atom stereocenters. The average molecular weight is 360 g/mol. The molecule has 0 fully saturated rings. The van der Waals surface area contributed by atoms with E-state index in [0.717, 1.165) is 12.0 Å². The molecule has 3 aromatic rings. The molecule has 3 rings (SSSR count). The molecular formula is C16H14ClN5O3. The number of carboxylic acids is 1. The number of nitrogens with zero attached hydrogens (tertiary/aromatic N) is 4. The zero-order valence-electron chi connectivity index (χ0n) is 13.2. The second kappa shape index (κ2) is 7.27. The van der Waals surface area contributed by atoms with Gasteiger partial charge in [-0.15, -0.1) is 0 Å². The standard InChI is InChI=1S/C16H14ClN5O3/c1-9(5-12-11(17)3-2-4-18-12)21-16-19-6-10(7-20-16)14-22-13(8-25-14)15(23)24/h2-4,6-9H,5H2,1H3,(H,23,24)(H,19,20,21). The molecule has 0 saturated carbocycles. The minimum atomic E-state index is -1.16. The van der Waals surface area contributed by atoms with Crippen molar-refractivity contribution < 1.29 is 14.3 Å². The van der Waals surface area contributed by atoms with Crippen molar-refractivity contribution in [3.63, 3.8) is 0 Å². The highest BCUT2D eigenvalue weighted by atomic mass is 35.5. The minimum absolute atomic E-state index is 0.0126. The van der Waals surface area contributed by atoms with Gasteiger partial charge in [-0.05, 0) is 19.1 Å². The van der Waals surface area contributed by atoms with Gasteiger partial charge in [0.05, 0.1) is 16.3 Å². The molecule has 0 radical (unpaired) electrons. The van der Waals surface area contributed by atoms with Gasteiger partial charge in [0.2, 0.25) is 11.8 Å². The van der Waals surface area contributed by atoms with Crippen LogP contribution in [-0.2, 0) is 6.42 Å². The summed E-state index contributed by atoms with van der Waals surface area (Å²) in [6, 6.07) is 3.59. The summed E-state index contributed by atoms with van der Waals surface area (Å²) in [5, 5.41) is 12.6. The monoisotopic (exact) mass is 359 g/mol. The predicted molar refractivity (Wildman–Crippen MR) is 90.5 cm³/mol. The number of aromatic nitrogens is 4. The third-order valence-corrected chi connectivity index (χ3v) is 3.68. The van der Waals surface area contributed by atoms with Crippen molar-refractivity contribution in [3.05, 3.63) is 53.4 Å². The van der Waals surface area contributed by atoms with E-state index in [4.69, 9.17) is 21.1 Å². The number of carbonyl (C=O) groups is 1. The van der Waals surface area contributed by atoms with Gasteiger partial charge in [0.15, 0.2) is 5.69 Å². The molecule has 8 nitrogen and oxygen atoms in total. The van der Waals surface area contributed by atoms with Crippen molar-refractivity contribution >= 4 is 23.5 Å². The van der Waals surface area contributed by atoms with E-state index in [-0.39, 0.29) is 17.6 Å². The third kappa shape index (κ3) is 4.10. The van der Waals surface area contributed by atoms with Crippen LogP contribution < -0.4 is 5.32 Å². The maximum atomic E-state index is 10.8. The number of oxazole rings is 1. The van der Waals surface area contributed by atoms with Crippen LogP contribution in [0.25, 0.3) is 11.5 Å². The third-order valence-electron chi connectivity index (χ3n) is 3.33. The molecule has 0 saturated heterocycles. The van der Waals surface area contributed by atoms with Crippen LogP contribution in [0.15, 0.2) is 41.4 Å². The van der Waals surface area contributed by atoms with E-state index < -0.39 is 5.97 Å². The molecule has 0 bridgehead atoms. The molecule has 128 valence electrons. The van der Waals surface area contributed by atoms with E-state index in [2.05, 4.69) is 25.3 Å². The Morgan fingerprint density at radius 2 is 2.12 bits per heavy atom. The van der Waals surface area contributed by atoms with Gasteiger partial charge in [-0.1, -0.05) is 11.6 Å². The van der Waals surface area contributed by atoms with Crippen LogP contribution in [0.3, 0.4) is 0 Å². The lowest BCUT2D eigenvalue weighted by atomic mass is 10.1. The Bertz CT molecular complexity index is 881. The van der Waals surface area contributed by atoms with Gasteiger partial charge in [0.1, 0.15) is 6.26 Å². The maximum Gasteiger partial charge on any atom is 0.357 e. The number of nitrogens with one attached hydrogen (secondary N) is 1. The molecule has 3 heterocycles. The highest BCUT2D eigenvalue weighted by Gasteiger charge is 2.13. The number of hydrogen-bond donors (Lipinski definition) is 2. The van der Waals surface area contributed by atoms with Gasteiger partial charge in [-0.3, -0.25) is 4.98 Å². The lowest BCUT2D eigenvalue weighted by Crippen LogP contribution is -2.20. The quantitative estimate of drug-likeness (QED) is 0.690. The normalized spacial score (nSPS) is 11.9. The fraction of sp³-hybridized carbons (Fsp3) is 0.188. The van der Waals surface area contributed by atoms with E-state index in [1.54, 1.807) is 18.3 Å². The first-order chi connectivity index (χ1) is 12.0. The highest BCUT2D eigenvalue weighted by Crippen LogP contribution is 2.18. The van der Waals surface area contributed by atoms with Crippen LogP contribution in [0, 0.1) is 0 Å². The summed E-state index contributed by atoms with van der Waals surface area (Å²) in [5.74, 6) is -0.582. The van der Waals surface area contributed by atoms with Crippen molar-refractivity contribution in [2.45, 2.75) is 19.4 Å². The Labute approximate surface area is 147 Å². The first-order valence-electron chi connectivity index (χ1n) is 7.40. The first kappa shape index (κ1) is 16.8. The smallest absolute Gasteiger partial charge is 0.357 e. The number of aromatic carboxylic acids is 1. The van der Waals surface area contributed by atoms with Gasteiger partial charge in [0, 0.05) is 31.1 Å². The van der Waals surface area contributed by atoms with E-state index >= 15 is 0 Å². The molecule has 25 heavy (non-hydrogen) atoms. The van der Waals surface area contributed by atoms with Crippen LogP contribution in [0.4, 0.5) is 5.95 Å². The summed E-state index contributed by atoms with van der Waals surface area (Å²) < 4.78 is 5.11. The fourth-order valence-electron chi connectivity index (χ4n) is 2.15. The van der Waals surface area contributed by atoms with Crippen molar-refractivity contribution in [1.29, 1.82) is 0 Å². The Morgan fingerprint density at radius 3 is 2.76 bits per heavy atom. The fourth-order valence-corrected chi connectivity index (χ4v) is 2.35. The molecule has 0 aliphatic rings. The molecule has 0 spiro atoms.